The molecule has 13 rings (SSSR count). The SMILES string of the molecule is O=C(O)c1ccccn1.[Ir].[c-]1c2ccccc2c2ccn3c4cccc5ccnc(c1c23)c54.[c-]1c2ccccc2c2ccn3c4cccc5ccnc(c1c23)c54. The van der Waals surface area contributed by atoms with Gasteiger partial charge >= 0.3 is 5.97 Å². The van der Waals surface area contributed by atoms with Crippen LogP contribution in [0, 0.1) is 12.1 Å². The van der Waals surface area contributed by atoms with E-state index in [1.54, 1.807) is 12.1 Å². The quantitative estimate of drug-likeness (QED) is 0.101. The molecule has 0 unspecified atom stereocenters. The van der Waals surface area contributed by atoms with E-state index in [2.05, 4.69) is 148 Å². The van der Waals surface area contributed by atoms with E-state index in [4.69, 9.17) is 15.1 Å². The van der Waals surface area contributed by atoms with Crippen LogP contribution in [0.2, 0.25) is 0 Å². The van der Waals surface area contributed by atoms with Crippen LogP contribution in [-0.2, 0) is 20.1 Å². The molecule has 56 heavy (non-hydrogen) atoms. The number of rotatable bonds is 1. The second-order valence-corrected chi connectivity index (χ2v) is 13.6. The second-order valence-electron chi connectivity index (χ2n) is 13.6. The van der Waals surface area contributed by atoms with E-state index in [9.17, 15) is 4.79 Å². The third-order valence-corrected chi connectivity index (χ3v) is 10.6. The van der Waals surface area contributed by atoms with Crippen molar-refractivity contribution in [2.45, 2.75) is 0 Å². The Balaban J connectivity index is 0.000000112. The molecule has 0 aliphatic rings. The van der Waals surface area contributed by atoms with E-state index in [0.29, 0.717) is 0 Å². The molecule has 0 saturated carbocycles. The first-order chi connectivity index (χ1) is 27.1. The number of carbonyl (C=O) groups is 1. The average molecular weight is 898 g/mol. The van der Waals surface area contributed by atoms with Gasteiger partial charge in [0.25, 0.3) is 0 Å². The van der Waals surface area contributed by atoms with Gasteiger partial charge in [0.15, 0.2) is 0 Å². The number of carboxylic acid groups (broad SMARTS) is 1. The molecule has 267 valence electrons. The Morgan fingerprint density at radius 2 is 1.00 bits per heavy atom. The number of aromatic nitrogens is 5. The van der Waals surface area contributed by atoms with E-state index in [1.807, 2.05) is 12.4 Å². The van der Waals surface area contributed by atoms with Gasteiger partial charge < -0.3 is 13.9 Å². The minimum atomic E-state index is -0.990. The molecule has 6 aromatic carbocycles. The molecule has 1 N–H and O–H groups in total. The van der Waals surface area contributed by atoms with Crippen LogP contribution in [0.15, 0.2) is 158 Å². The maximum absolute atomic E-state index is 10.1. The number of aromatic carboxylic acids is 1. The summed E-state index contributed by atoms with van der Waals surface area (Å²) in [6, 6.07) is 50.3. The van der Waals surface area contributed by atoms with Gasteiger partial charge in [-0.3, -0.25) is 9.97 Å². The molecule has 0 spiro atoms. The smallest absolute Gasteiger partial charge is 0.354 e. The molecule has 0 atom stereocenters. The zero-order chi connectivity index (χ0) is 36.6. The van der Waals surface area contributed by atoms with Crippen molar-refractivity contribution in [2.75, 3.05) is 0 Å². The first-order valence-corrected chi connectivity index (χ1v) is 18.0. The van der Waals surface area contributed by atoms with Crippen LogP contribution >= 0.6 is 0 Å². The van der Waals surface area contributed by atoms with Crippen LogP contribution in [-0.4, -0.2) is 34.8 Å². The van der Waals surface area contributed by atoms with Crippen LogP contribution in [0.4, 0.5) is 0 Å². The van der Waals surface area contributed by atoms with Crippen molar-refractivity contribution in [3.05, 3.63) is 176 Å². The van der Waals surface area contributed by atoms with E-state index in [1.165, 1.54) is 77.4 Å². The van der Waals surface area contributed by atoms with E-state index in [-0.39, 0.29) is 25.8 Å². The molecule has 0 aliphatic heterocycles. The van der Waals surface area contributed by atoms with Crippen molar-refractivity contribution in [1.82, 2.24) is 23.8 Å². The largest absolute Gasteiger partial charge is 0.477 e. The number of hydrogen-bond donors (Lipinski definition) is 1. The normalized spacial score (nSPS) is 11.6. The summed E-state index contributed by atoms with van der Waals surface area (Å²) in [5.41, 5.74) is 7.00. The number of benzene rings is 6. The molecule has 7 aromatic heterocycles. The molecular weight excluding hydrogens is 871 g/mol. The Kier molecular flexibility index (Phi) is 7.85. The standard InChI is InChI=1S/2C21H11N2.C6H5NO2.Ir/c2*1-2-6-15-14(4-1)12-17-20-19-13(8-10-22-20)5-3-7-18(19)23-11-9-16(15)21(17)23;8-6(9)5-3-1-2-4-7-5;/h2*1-11H;1-4H,(H,8,9);/q2*-1;;. The van der Waals surface area contributed by atoms with Gasteiger partial charge in [-0.25, -0.2) is 9.78 Å². The van der Waals surface area contributed by atoms with Gasteiger partial charge in [0.05, 0.1) is 0 Å². The number of hydrogen-bond acceptors (Lipinski definition) is 4. The van der Waals surface area contributed by atoms with Crippen LogP contribution < -0.4 is 0 Å². The van der Waals surface area contributed by atoms with Gasteiger partial charge in [0.1, 0.15) is 5.69 Å². The number of fused-ring (bicyclic) bond motifs is 8. The summed E-state index contributed by atoms with van der Waals surface area (Å²) in [5.74, 6) is -0.990. The summed E-state index contributed by atoms with van der Waals surface area (Å²) >= 11 is 0. The van der Waals surface area contributed by atoms with Gasteiger partial charge in [-0.05, 0) is 69.0 Å². The van der Waals surface area contributed by atoms with Crippen LogP contribution in [0.25, 0.3) is 97.7 Å². The van der Waals surface area contributed by atoms with Crippen LogP contribution in [0.5, 0.6) is 0 Å². The Bertz CT molecular complexity index is 3370. The molecule has 0 amide bonds. The summed E-state index contributed by atoms with van der Waals surface area (Å²) in [5, 5.41) is 22.7. The Hall–Kier alpha value is -6.99. The topological polar surface area (TPSA) is 84.8 Å². The summed E-state index contributed by atoms with van der Waals surface area (Å²) in [7, 11) is 0. The van der Waals surface area contributed by atoms with Crippen LogP contribution in [0.1, 0.15) is 10.5 Å². The first kappa shape index (κ1) is 33.6. The zero-order valence-corrected chi connectivity index (χ0v) is 31.8. The third kappa shape index (κ3) is 5.00. The van der Waals surface area contributed by atoms with Crippen molar-refractivity contribution in [3.8, 4) is 0 Å². The van der Waals surface area contributed by atoms with Gasteiger partial charge in [-0.15, -0.1) is 35.0 Å². The predicted molar refractivity (Wildman–Crippen MR) is 222 cm³/mol. The van der Waals surface area contributed by atoms with Crippen molar-refractivity contribution in [2.24, 2.45) is 0 Å². The molecule has 1 radical (unpaired) electrons. The van der Waals surface area contributed by atoms with Gasteiger partial charge in [0.2, 0.25) is 0 Å². The van der Waals surface area contributed by atoms with E-state index >= 15 is 0 Å². The summed E-state index contributed by atoms with van der Waals surface area (Å²) in [6.45, 7) is 0. The molecule has 13 aromatic rings. The summed E-state index contributed by atoms with van der Waals surface area (Å²) in [6.07, 6.45) is 9.57. The molecule has 0 bridgehead atoms. The van der Waals surface area contributed by atoms with E-state index < -0.39 is 5.97 Å². The van der Waals surface area contributed by atoms with Gasteiger partial charge in [-0.2, -0.15) is 0 Å². The third-order valence-electron chi connectivity index (χ3n) is 10.6. The fraction of sp³-hybridized carbons (Fsp3) is 0. The molecular formula is C48H27IrN5O2-2. The molecule has 0 fully saturated rings. The molecule has 7 nitrogen and oxygen atoms in total. The number of carboxylic acids is 1. The monoisotopic (exact) mass is 898 g/mol. The average Bonchev–Trinajstić information content (AvgIpc) is 3.90. The first-order valence-electron chi connectivity index (χ1n) is 18.0. The minimum Gasteiger partial charge on any atom is -0.477 e. The second kappa shape index (κ2) is 13.1. The number of pyridine rings is 5. The molecule has 0 aliphatic carbocycles. The maximum atomic E-state index is 10.1. The van der Waals surface area contributed by atoms with Crippen molar-refractivity contribution in [3.63, 3.8) is 0 Å². The number of nitrogens with zero attached hydrogens (tertiary/aromatic N) is 5. The fourth-order valence-corrected chi connectivity index (χ4v) is 8.29. The van der Waals surface area contributed by atoms with Gasteiger partial charge in [-0.1, -0.05) is 111 Å². The van der Waals surface area contributed by atoms with Crippen molar-refractivity contribution < 1.29 is 30.0 Å². The zero-order valence-electron chi connectivity index (χ0n) is 29.4. The maximum Gasteiger partial charge on any atom is 0.354 e. The van der Waals surface area contributed by atoms with Gasteiger partial charge in [0, 0.05) is 73.2 Å². The Morgan fingerprint density at radius 3 is 1.46 bits per heavy atom. The predicted octanol–water partition coefficient (Wildman–Crippen LogP) is 11.1. The summed E-state index contributed by atoms with van der Waals surface area (Å²) in [4.78, 5) is 23.1. The Morgan fingerprint density at radius 1 is 0.500 bits per heavy atom. The Labute approximate surface area is 332 Å². The fourth-order valence-electron chi connectivity index (χ4n) is 8.29. The minimum absolute atomic E-state index is 0. The van der Waals surface area contributed by atoms with Crippen molar-refractivity contribution in [1.29, 1.82) is 0 Å². The molecule has 8 heteroatoms. The molecule has 7 heterocycles. The van der Waals surface area contributed by atoms with Crippen LogP contribution in [0.3, 0.4) is 0 Å². The summed E-state index contributed by atoms with van der Waals surface area (Å²) < 4.78 is 4.56. The molecule has 0 saturated heterocycles. The van der Waals surface area contributed by atoms with E-state index in [0.717, 1.165) is 32.6 Å². The van der Waals surface area contributed by atoms with Crippen molar-refractivity contribution >= 4 is 104 Å².